The van der Waals surface area contributed by atoms with Gasteiger partial charge < -0.3 is 18.8 Å². The topological polar surface area (TPSA) is 56.5 Å². The molecule has 0 unspecified atom stereocenters. The maximum Gasteiger partial charge on any atom is 0.250 e. The highest BCUT2D eigenvalue weighted by atomic mass is 16.5. The molecule has 2 bridgehead atoms. The first-order chi connectivity index (χ1) is 14.1. The minimum absolute atomic E-state index is 0.0745. The van der Waals surface area contributed by atoms with E-state index in [1.807, 2.05) is 39.9 Å². The highest BCUT2D eigenvalue weighted by molar-refractivity contribution is 5.86. The number of piperidine rings is 1. The van der Waals surface area contributed by atoms with Crippen LogP contribution in [-0.4, -0.2) is 40.1 Å². The second kappa shape index (κ2) is 7.10. The number of fused-ring (bicyclic) bond motifs is 5. The van der Waals surface area contributed by atoms with Crippen LogP contribution in [0.3, 0.4) is 0 Å². The molecule has 0 spiro atoms. The largest absolute Gasteiger partial charge is 0.495 e. The number of ether oxygens (including phenoxy) is 1. The predicted octanol–water partition coefficient (Wildman–Crippen LogP) is 2.85. The highest BCUT2D eigenvalue weighted by Gasteiger charge is 2.36. The van der Waals surface area contributed by atoms with E-state index in [2.05, 4.69) is 16.7 Å². The van der Waals surface area contributed by atoms with Crippen LogP contribution in [0, 0.1) is 5.92 Å². The van der Waals surface area contributed by atoms with E-state index >= 15 is 0 Å². The lowest BCUT2D eigenvalue weighted by molar-refractivity contribution is -0.134. The van der Waals surface area contributed by atoms with Crippen LogP contribution >= 0.6 is 0 Å². The van der Waals surface area contributed by atoms with Crippen LogP contribution in [0.25, 0.3) is 10.9 Å². The second-order valence-electron chi connectivity index (χ2n) is 8.15. The number of benzene rings is 1. The number of carbonyl (C=O) groups excluding carboxylic acids is 1. The molecule has 2 aliphatic rings. The Bertz CT molecular complexity index is 1130. The van der Waals surface area contributed by atoms with E-state index in [0.717, 1.165) is 35.3 Å². The van der Waals surface area contributed by atoms with Crippen molar-refractivity contribution in [3.8, 4) is 5.75 Å². The fourth-order valence-corrected chi connectivity index (χ4v) is 5.05. The standard InChI is InChI=1S/C23H25N3O3/c1-29-20-6-2-4-17-8-10-24(23(17)20)11-9-21(27)25-13-16-12-18(15-25)19-5-3-7-22(28)26(19)14-16/h2-8,10,16,18H,9,11-15H2,1H3/t16-,18+/m1/s1. The smallest absolute Gasteiger partial charge is 0.250 e. The van der Waals surface area contributed by atoms with Gasteiger partial charge in [-0.2, -0.15) is 0 Å². The van der Waals surface area contributed by atoms with Gasteiger partial charge in [0.15, 0.2) is 0 Å². The zero-order valence-electron chi connectivity index (χ0n) is 16.6. The molecule has 0 aliphatic carbocycles. The van der Waals surface area contributed by atoms with Gasteiger partial charge in [0.1, 0.15) is 5.75 Å². The maximum atomic E-state index is 13.0. The van der Waals surface area contributed by atoms with Crippen molar-refractivity contribution < 1.29 is 9.53 Å². The number of nitrogens with zero attached hydrogens (tertiary/aromatic N) is 3. The van der Waals surface area contributed by atoms with Crippen LogP contribution < -0.4 is 10.3 Å². The summed E-state index contributed by atoms with van der Waals surface area (Å²) in [5, 5.41) is 1.12. The van der Waals surface area contributed by atoms with Crippen LogP contribution in [0.15, 0.2) is 53.5 Å². The summed E-state index contributed by atoms with van der Waals surface area (Å²) in [4.78, 5) is 27.2. The Morgan fingerprint density at radius 1 is 1.10 bits per heavy atom. The number of hydrogen-bond donors (Lipinski definition) is 0. The van der Waals surface area contributed by atoms with Crippen molar-refractivity contribution in [2.45, 2.75) is 31.8 Å². The molecule has 150 valence electrons. The zero-order valence-corrected chi connectivity index (χ0v) is 16.6. The first-order valence-corrected chi connectivity index (χ1v) is 10.2. The Hall–Kier alpha value is -3.02. The summed E-state index contributed by atoms with van der Waals surface area (Å²) in [5.41, 5.74) is 2.18. The number of para-hydroxylation sites is 1. The molecule has 2 atom stereocenters. The number of likely N-dealkylation sites (tertiary alicyclic amines) is 1. The molecule has 6 heteroatoms. The van der Waals surface area contributed by atoms with Crippen molar-refractivity contribution in [1.29, 1.82) is 0 Å². The van der Waals surface area contributed by atoms with Gasteiger partial charge >= 0.3 is 0 Å². The van der Waals surface area contributed by atoms with Gasteiger partial charge in [-0.15, -0.1) is 0 Å². The Labute approximate surface area is 169 Å². The van der Waals surface area contributed by atoms with E-state index in [0.29, 0.717) is 32.0 Å². The normalized spacial score (nSPS) is 20.5. The average Bonchev–Trinajstić information content (AvgIpc) is 3.16. The van der Waals surface area contributed by atoms with Gasteiger partial charge in [0, 0.05) is 61.9 Å². The van der Waals surface area contributed by atoms with Crippen LogP contribution in [0.2, 0.25) is 0 Å². The summed E-state index contributed by atoms with van der Waals surface area (Å²) < 4.78 is 9.50. The molecule has 5 rings (SSSR count). The molecular formula is C23H25N3O3. The predicted molar refractivity (Wildman–Crippen MR) is 111 cm³/mol. The van der Waals surface area contributed by atoms with Crippen molar-refractivity contribution in [3.63, 3.8) is 0 Å². The number of rotatable bonds is 4. The van der Waals surface area contributed by atoms with Gasteiger partial charge in [-0.05, 0) is 30.5 Å². The molecular weight excluding hydrogens is 366 g/mol. The van der Waals surface area contributed by atoms with Crippen LogP contribution in [0.1, 0.15) is 24.5 Å². The van der Waals surface area contributed by atoms with E-state index in [1.165, 1.54) is 0 Å². The molecule has 6 nitrogen and oxygen atoms in total. The molecule has 0 saturated carbocycles. The summed E-state index contributed by atoms with van der Waals surface area (Å²) in [5.74, 6) is 1.63. The monoisotopic (exact) mass is 391 g/mol. The number of aryl methyl sites for hydroxylation is 1. The van der Waals surface area contributed by atoms with Crippen molar-refractivity contribution in [2.75, 3.05) is 20.2 Å². The van der Waals surface area contributed by atoms with Crippen LogP contribution in [-0.2, 0) is 17.9 Å². The number of carbonyl (C=O) groups is 1. The second-order valence-corrected chi connectivity index (χ2v) is 8.15. The number of aromatic nitrogens is 2. The van der Waals surface area contributed by atoms with Gasteiger partial charge in [0.25, 0.3) is 5.56 Å². The van der Waals surface area contributed by atoms with Crippen molar-refractivity contribution in [1.82, 2.24) is 14.0 Å². The third-order valence-electron chi connectivity index (χ3n) is 6.37. The SMILES string of the molecule is COc1cccc2ccn(CCC(=O)N3C[C@H]4C[C@@H](C3)c3cccc(=O)n3C4)c12. The minimum atomic E-state index is 0.0745. The number of hydrogen-bond acceptors (Lipinski definition) is 3. The highest BCUT2D eigenvalue weighted by Crippen LogP contribution is 2.35. The fraction of sp³-hybridized carbons (Fsp3) is 0.391. The van der Waals surface area contributed by atoms with Gasteiger partial charge in [0.2, 0.25) is 5.91 Å². The molecule has 1 aromatic carbocycles. The molecule has 1 fully saturated rings. The van der Waals surface area contributed by atoms with Crippen molar-refractivity contribution in [3.05, 3.63) is 64.7 Å². The molecule has 2 aromatic heterocycles. The Morgan fingerprint density at radius 2 is 1.97 bits per heavy atom. The van der Waals surface area contributed by atoms with E-state index in [4.69, 9.17) is 4.74 Å². The molecule has 1 amide bonds. The van der Waals surface area contributed by atoms with Crippen LogP contribution in [0.5, 0.6) is 5.75 Å². The summed E-state index contributed by atoms with van der Waals surface area (Å²) in [6.07, 6.45) is 3.55. The Kier molecular flexibility index (Phi) is 4.42. The molecule has 4 heterocycles. The quantitative estimate of drug-likeness (QED) is 0.687. The third kappa shape index (κ3) is 3.12. The Balaban J connectivity index is 1.31. The first kappa shape index (κ1) is 18.0. The third-order valence-corrected chi connectivity index (χ3v) is 6.37. The van der Waals surface area contributed by atoms with Gasteiger partial charge in [-0.3, -0.25) is 9.59 Å². The molecule has 1 saturated heterocycles. The lowest BCUT2D eigenvalue weighted by Gasteiger charge is -2.42. The van der Waals surface area contributed by atoms with Gasteiger partial charge in [-0.25, -0.2) is 0 Å². The lowest BCUT2D eigenvalue weighted by atomic mass is 9.83. The van der Waals surface area contributed by atoms with E-state index in [-0.39, 0.29) is 17.4 Å². The zero-order chi connectivity index (χ0) is 20.0. The summed E-state index contributed by atoms with van der Waals surface area (Å²) in [7, 11) is 1.67. The summed E-state index contributed by atoms with van der Waals surface area (Å²) in [6, 6.07) is 13.5. The number of methoxy groups -OCH3 is 1. The number of amides is 1. The van der Waals surface area contributed by atoms with E-state index in [9.17, 15) is 9.59 Å². The maximum absolute atomic E-state index is 13.0. The van der Waals surface area contributed by atoms with Gasteiger partial charge in [0.05, 0.1) is 12.6 Å². The summed E-state index contributed by atoms with van der Waals surface area (Å²) >= 11 is 0. The molecule has 0 radical (unpaired) electrons. The molecule has 3 aromatic rings. The molecule has 2 aliphatic heterocycles. The fourth-order valence-electron chi connectivity index (χ4n) is 5.05. The average molecular weight is 391 g/mol. The van der Waals surface area contributed by atoms with Crippen molar-refractivity contribution in [2.24, 2.45) is 5.92 Å². The molecule has 0 N–H and O–H groups in total. The number of pyridine rings is 1. The van der Waals surface area contributed by atoms with E-state index in [1.54, 1.807) is 13.2 Å². The minimum Gasteiger partial charge on any atom is -0.495 e. The summed E-state index contributed by atoms with van der Waals surface area (Å²) in [6.45, 7) is 2.79. The lowest BCUT2D eigenvalue weighted by Crippen LogP contribution is -2.49. The van der Waals surface area contributed by atoms with Gasteiger partial charge in [-0.1, -0.05) is 18.2 Å². The first-order valence-electron chi connectivity index (χ1n) is 10.2. The van der Waals surface area contributed by atoms with Crippen LogP contribution in [0.4, 0.5) is 0 Å². The molecule has 29 heavy (non-hydrogen) atoms. The van der Waals surface area contributed by atoms with E-state index < -0.39 is 0 Å². The van der Waals surface area contributed by atoms with Crippen molar-refractivity contribution >= 4 is 16.8 Å². The Morgan fingerprint density at radius 3 is 2.83 bits per heavy atom.